The number of hydrogen-bond donors (Lipinski definition) is 2. The molecule has 0 aliphatic heterocycles. The molecule has 0 atom stereocenters. The second-order valence-electron chi connectivity index (χ2n) is 8.28. The first kappa shape index (κ1) is 24.7. The van der Waals surface area contributed by atoms with E-state index in [2.05, 4.69) is 31.5 Å². The van der Waals surface area contributed by atoms with Gasteiger partial charge in [-0.3, -0.25) is 10.1 Å². The van der Waals surface area contributed by atoms with Crippen molar-refractivity contribution in [3.63, 3.8) is 0 Å². The number of ether oxygens (including phenoxy) is 2. The van der Waals surface area contributed by atoms with Crippen molar-refractivity contribution >= 4 is 66.7 Å². The molecule has 1 aromatic heterocycles. The number of aryl methyl sites for hydroxylation is 1. The third kappa shape index (κ3) is 4.87. The highest BCUT2D eigenvalue weighted by molar-refractivity contribution is 9.10. The van der Waals surface area contributed by atoms with E-state index in [4.69, 9.17) is 26.1 Å². The predicted molar refractivity (Wildman–Crippen MR) is 153 cm³/mol. The summed E-state index contributed by atoms with van der Waals surface area (Å²) in [4.78, 5) is 17.8. The van der Waals surface area contributed by atoms with E-state index in [-0.39, 0.29) is 11.0 Å². The number of carbonyl (C=O) groups excluding carboxylic acids is 1. The molecule has 0 aliphatic carbocycles. The Labute approximate surface area is 226 Å². The fourth-order valence-corrected chi connectivity index (χ4v) is 4.96. The molecule has 0 bridgehead atoms. The van der Waals surface area contributed by atoms with Crippen LogP contribution in [0.5, 0.6) is 11.5 Å². The van der Waals surface area contributed by atoms with E-state index in [1.807, 2.05) is 67.6 Å². The van der Waals surface area contributed by atoms with Crippen molar-refractivity contribution in [2.24, 2.45) is 0 Å². The summed E-state index contributed by atoms with van der Waals surface area (Å²) in [7, 11) is 3.13. The Hall–Kier alpha value is -3.95. The molecule has 37 heavy (non-hydrogen) atoms. The molecule has 1 amide bonds. The zero-order valence-corrected chi connectivity index (χ0v) is 22.6. The highest BCUT2D eigenvalue weighted by atomic mass is 79.9. The topological polar surface area (TPSA) is 85.6 Å². The number of carbonyl (C=O) groups is 1. The number of aromatic nitrogens is 1. The van der Waals surface area contributed by atoms with Gasteiger partial charge in [-0.15, -0.1) is 0 Å². The van der Waals surface area contributed by atoms with Crippen molar-refractivity contribution in [1.29, 1.82) is 0 Å². The minimum atomic E-state index is -0.387. The molecule has 1 heterocycles. The molecular formula is C28H22BrN3O4S. The highest BCUT2D eigenvalue weighted by Crippen LogP contribution is 2.36. The number of rotatable bonds is 5. The van der Waals surface area contributed by atoms with Crippen LogP contribution in [0.15, 0.2) is 75.6 Å². The molecule has 2 N–H and O–H groups in total. The number of fused-ring (bicyclic) bond motifs is 2. The molecule has 4 aromatic carbocycles. The number of hydrogen-bond acceptors (Lipinski definition) is 6. The second kappa shape index (κ2) is 10.2. The number of nitrogens with zero attached hydrogens (tertiary/aromatic N) is 1. The number of nitrogens with one attached hydrogen (secondary N) is 2. The number of halogens is 1. The lowest BCUT2D eigenvalue weighted by Gasteiger charge is -2.15. The first-order valence-electron chi connectivity index (χ1n) is 11.3. The van der Waals surface area contributed by atoms with Crippen LogP contribution in [-0.2, 0) is 0 Å². The Morgan fingerprint density at radius 3 is 2.62 bits per heavy atom. The van der Waals surface area contributed by atoms with Crippen molar-refractivity contribution < 1.29 is 18.7 Å². The summed E-state index contributed by atoms with van der Waals surface area (Å²) in [5.41, 5.74) is 4.13. The van der Waals surface area contributed by atoms with E-state index in [1.165, 1.54) is 7.11 Å². The van der Waals surface area contributed by atoms with Gasteiger partial charge >= 0.3 is 0 Å². The van der Waals surface area contributed by atoms with Crippen LogP contribution in [0.4, 0.5) is 5.69 Å². The maximum absolute atomic E-state index is 13.2. The van der Waals surface area contributed by atoms with E-state index >= 15 is 0 Å². The van der Waals surface area contributed by atoms with E-state index in [9.17, 15) is 4.79 Å². The van der Waals surface area contributed by atoms with E-state index in [0.29, 0.717) is 44.2 Å². The summed E-state index contributed by atoms with van der Waals surface area (Å²) in [6, 6.07) is 20.7. The number of amides is 1. The van der Waals surface area contributed by atoms with Gasteiger partial charge in [-0.25, -0.2) is 4.98 Å². The maximum Gasteiger partial charge on any atom is 0.261 e. The molecule has 0 fully saturated rings. The molecule has 9 heteroatoms. The molecule has 5 aromatic rings. The highest BCUT2D eigenvalue weighted by Gasteiger charge is 2.19. The zero-order valence-electron chi connectivity index (χ0n) is 20.2. The summed E-state index contributed by atoms with van der Waals surface area (Å²) >= 11 is 9.04. The minimum Gasteiger partial charge on any atom is -0.497 e. The van der Waals surface area contributed by atoms with Gasteiger partial charge < -0.3 is 19.2 Å². The second-order valence-corrected chi connectivity index (χ2v) is 9.48. The summed E-state index contributed by atoms with van der Waals surface area (Å²) in [5.74, 6) is 1.22. The Kier molecular flexibility index (Phi) is 6.82. The fraction of sp³-hybridized carbons (Fsp3) is 0.107. The molecule has 5 rings (SSSR count). The van der Waals surface area contributed by atoms with Gasteiger partial charge in [-0.1, -0.05) is 30.3 Å². The Balaban J connectivity index is 1.38. The molecule has 0 saturated carbocycles. The quantitative estimate of drug-likeness (QED) is 0.221. The minimum absolute atomic E-state index is 0.152. The molecular weight excluding hydrogens is 554 g/mol. The Morgan fingerprint density at radius 1 is 1.03 bits per heavy atom. The van der Waals surface area contributed by atoms with Gasteiger partial charge in [-0.05, 0) is 81.7 Å². The fourth-order valence-electron chi connectivity index (χ4n) is 4.02. The lowest BCUT2D eigenvalue weighted by atomic mass is 10.1. The first-order chi connectivity index (χ1) is 17.9. The van der Waals surface area contributed by atoms with Crippen LogP contribution in [0, 0.1) is 6.92 Å². The van der Waals surface area contributed by atoms with Gasteiger partial charge in [0.2, 0.25) is 5.89 Å². The zero-order chi connectivity index (χ0) is 26.1. The van der Waals surface area contributed by atoms with Gasteiger partial charge in [0, 0.05) is 17.3 Å². The number of benzene rings is 4. The third-order valence-corrected chi connectivity index (χ3v) is 6.94. The van der Waals surface area contributed by atoms with Crippen molar-refractivity contribution in [2.45, 2.75) is 6.92 Å². The maximum atomic E-state index is 13.2. The van der Waals surface area contributed by atoms with Gasteiger partial charge in [0.05, 0.1) is 24.3 Å². The molecule has 0 spiro atoms. The van der Waals surface area contributed by atoms with Gasteiger partial charge in [0.1, 0.15) is 17.0 Å². The molecule has 0 radical (unpaired) electrons. The number of methoxy groups -OCH3 is 2. The molecule has 0 unspecified atom stereocenters. The number of anilines is 1. The summed E-state index contributed by atoms with van der Waals surface area (Å²) in [5, 5.41) is 7.88. The number of thiocarbonyl (C=S) groups is 1. The third-order valence-electron chi connectivity index (χ3n) is 5.94. The molecule has 0 saturated heterocycles. The lowest BCUT2D eigenvalue weighted by Crippen LogP contribution is -2.34. The van der Waals surface area contributed by atoms with Crippen LogP contribution in [0.2, 0.25) is 0 Å². The SMILES string of the molecule is COc1ccc2oc(-c3ccc(C)c(NC(=S)NC(=O)c4cc5ccccc5c(Br)c4OC)c3)nc2c1. The van der Waals surface area contributed by atoms with Gasteiger partial charge in [0.25, 0.3) is 5.91 Å². The summed E-state index contributed by atoms with van der Waals surface area (Å²) in [6.07, 6.45) is 0. The van der Waals surface area contributed by atoms with Crippen LogP contribution in [-0.4, -0.2) is 30.2 Å². The smallest absolute Gasteiger partial charge is 0.261 e. The monoisotopic (exact) mass is 575 g/mol. The first-order valence-corrected chi connectivity index (χ1v) is 12.5. The Morgan fingerprint density at radius 2 is 1.84 bits per heavy atom. The van der Waals surface area contributed by atoms with Crippen LogP contribution in [0.1, 0.15) is 15.9 Å². The van der Waals surface area contributed by atoms with E-state index in [0.717, 1.165) is 21.9 Å². The molecule has 7 nitrogen and oxygen atoms in total. The van der Waals surface area contributed by atoms with Gasteiger partial charge in [0.15, 0.2) is 10.7 Å². The van der Waals surface area contributed by atoms with Crippen LogP contribution < -0.4 is 20.1 Å². The van der Waals surface area contributed by atoms with Crippen molar-refractivity contribution in [3.8, 4) is 23.0 Å². The number of oxazole rings is 1. The average Bonchev–Trinajstić information content (AvgIpc) is 3.33. The van der Waals surface area contributed by atoms with E-state index in [1.54, 1.807) is 13.2 Å². The largest absolute Gasteiger partial charge is 0.497 e. The van der Waals surface area contributed by atoms with Crippen molar-refractivity contribution in [3.05, 3.63) is 82.3 Å². The predicted octanol–water partition coefficient (Wildman–Crippen LogP) is 6.86. The average molecular weight is 576 g/mol. The van der Waals surface area contributed by atoms with Gasteiger partial charge in [-0.2, -0.15) is 0 Å². The lowest BCUT2D eigenvalue weighted by molar-refractivity contribution is 0.0975. The van der Waals surface area contributed by atoms with Crippen LogP contribution >= 0.6 is 28.1 Å². The van der Waals surface area contributed by atoms with Crippen molar-refractivity contribution in [2.75, 3.05) is 19.5 Å². The molecule has 186 valence electrons. The normalized spacial score (nSPS) is 10.9. The molecule has 0 aliphatic rings. The van der Waals surface area contributed by atoms with E-state index < -0.39 is 0 Å². The Bertz CT molecular complexity index is 1680. The van der Waals surface area contributed by atoms with Crippen molar-refractivity contribution in [1.82, 2.24) is 10.3 Å². The van der Waals surface area contributed by atoms with Crippen LogP contribution in [0.3, 0.4) is 0 Å². The standard InChI is InChI=1S/C28H22BrN3O4S/c1-15-8-9-17(27-30-22-14-18(34-2)10-11-23(22)36-27)13-21(15)31-28(37)32-26(33)20-12-16-6-4-5-7-19(16)24(29)25(20)35-3/h4-14H,1-3H3,(H2,31,32,33,37). The summed E-state index contributed by atoms with van der Waals surface area (Å²) < 4.78 is 17.4. The van der Waals surface area contributed by atoms with Crippen LogP contribution in [0.25, 0.3) is 33.3 Å². The summed E-state index contributed by atoms with van der Waals surface area (Å²) in [6.45, 7) is 1.94.